The number of rotatable bonds is 7. The molecule has 0 aliphatic carbocycles. The van der Waals surface area contributed by atoms with Crippen molar-refractivity contribution in [2.75, 3.05) is 11.5 Å². The normalized spacial score (nSPS) is 10.9. The Kier molecular flexibility index (Phi) is 5.78. The number of thioether (sulfide) groups is 1. The molecule has 0 aliphatic heterocycles. The van der Waals surface area contributed by atoms with Crippen LogP contribution in [0.15, 0.2) is 45.2 Å². The first kappa shape index (κ1) is 19.6. The molecule has 28 heavy (non-hydrogen) atoms. The minimum Gasteiger partial charge on any atom is -0.384 e. The highest BCUT2D eigenvalue weighted by Crippen LogP contribution is 2.22. The van der Waals surface area contributed by atoms with Crippen molar-refractivity contribution in [1.29, 1.82) is 0 Å². The fraction of sp³-hybridized carbons (Fsp3) is 0.222. The van der Waals surface area contributed by atoms with Gasteiger partial charge in [0.1, 0.15) is 17.2 Å². The highest BCUT2D eigenvalue weighted by atomic mass is 32.2. The first-order chi connectivity index (χ1) is 13.4. The van der Waals surface area contributed by atoms with Gasteiger partial charge in [0, 0.05) is 6.54 Å². The van der Waals surface area contributed by atoms with Gasteiger partial charge in [0.25, 0.3) is 5.56 Å². The van der Waals surface area contributed by atoms with Crippen molar-refractivity contribution in [2.24, 2.45) is 0 Å². The van der Waals surface area contributed by atoms with Crippen molar-refractivity contribution in [3.05, 3.63) is 62.7 Å². The number of Topliss-reactive ketones (excluding diaryl/α,β-unsaturated/α-hetero) is 1. The number of anilines is 1. The van der Waals surface area contributed by atoms with Gasteiger partial charge in [-0.1, -0.05) is 18.7 Å². The van der Waals surface area contributed by atoms with E-state index >= 15 is 0 Å². The van der Waals surface area contributed by atoms with Crippen molar-refractivity contribution in [1.82, 2.24) is 19.5 Å². The van der Waals surface area contributed by atoms with Gasteiger partial charge >= 0.3 is 5.69 Å². The molecule has 10 heteroatoms. The summed E-state index contributed by atoms with van der Waals surface area (Å²) >= 11 is 1.10. The second kappa shape index (κ2) is 8.26. The van der Waals surface area contributed by atoms with Crippen LogP contribution in [-0.2, 0) is 6.54 Å². The zero-order valence-corrected chi connectivity index (χ0v) is 15.8. The monoisotopic (exact) mass is 403 g/mol. The number of nitrogens with one attached hydrogen (secondary N) is 2. The van der Waals surface area contributed by atoms with Gasteiger partial charge in [0.05, 0.1) is 17.6 Å². The average Bonchev–Trinajstić information content (AvgIpc) is 3.13. The summed E-state index contributed by atoms with van der Waals surface area (Å²) in [6, 6.07) is 5.90. The van der Waals surface area contributed by atoms with E-state index < -0.39 is 17.0 Å². The molecule has 1 aromatic carbocycles. The molecule has 0 radical (unpaired) electrons. The molecular formula is C18H18FN5O3S. The van der Waals surface area contributed by atoms with Crippen molar-refractivity contribution in [2.45, 2.75) is 25.0 Å². The number of carbonyl (C=O) groups excluding carboxylic acids is 1. The number of halogens is 1. The molecule has 2 aromatic heterocycles. The fourth-order valence-corrected chi connectivity index (χ4v) is 3.38. The number of imidazole rings is 1. The maximum atomic E-state index is 13.0. The molecule has 4 N–H and O–H groups in total. The van der Waals surface area contributed by atoms with Crippen LogP contribution in [0.5, 0.6) is 0 Å². The maximum Gasteiger partial charge on any atom is 0.329 e. The second-order valence-corrected chi connectivity index (χ2v) is 6.96. The molecule has 0 spiro atoms. The Hall–Kier alpha value is -3.14. The third-order valence-corrected chi connectivity index (χ3v) is 4.90. The second-order valence-electron chi connectivity index (χ2n) is 5.99. The van der Waals surface area contributed by atoms with Crippen LogP contribution >= 0.6 is 11.8 Å². The van der Waals surface area contributed by atoms with E-state index in [2.05, 4.69) is 15.0 Å². The van der Waals surface area contributed by atoms with Gasteiger partial charge in [0.2, 0.25) is 0 Å². The third kappa shape index (κ3) is 4.06. The van der Waals surface area contributed by atoms with E-state index in [-0.39, 0.29) is 23.0 Å². The van der Waals surface area contributed by atoms with E-state index in [1.54, 1.807) is 18.3 Å². The molecule has 0 bridgehead atoms. The summed E-state index contributed by atoms with van der Waals surface area (Å²) in [4.78, 5) is 45.7. The Bertz CT molecular complexity index is 1120. The van der Waals surface area contributed by atoms with Gasteiger partial charge in [-0.3, -0.25) is 19.1 Å². The zero-order valence-electron chi connectivity index (χ0n) is 15.0. The number of aromatic nitrogens is 4. The van der Waals surface area contributed by atoms with Crippen LogP contribution in [0.4, 0.5) is 10.2 Å². The zero-order chi connectivity index (χ0) is 20.3. The highest BCUT2D eigenvalue weighted by Gasteiger charge is 2.19. The molecule has 3 rings (SSSR count). The summed E-state index contributed by atoms with van der Waals surface area (Å²) in [7, 11) is 0. The number of nitrogens with zero attached hydrogens (tertiary/aromatic N) is 2. The van der Waals surface area contributed by atoms with Crippen LogP contribution in [0.1, 0.15) is 23.7 Å². The Morgan fingerprint density at radius 1 is 1.25 bits per heavy atom. The number of ketones is 1. The standard InChI is InChI=1S/C18H18FN5O3S/c1-2-7-24-15(20)14(16(26)23-18(24)27)13(25)9-28-17-21-8-12(22-17)10-3-5-11(19)6-4-10/h3-6,8H,2,7,9,20H2,1H3,(H,21,22)(H,23,26,27). The molecule has 0 saturated carbocycles. The Morgan fingerprint density at radius 3 is 2.64 bits per heavy atom. The number of nitrogen functional groups attached to an aromatic ring is 1. The lowest BCUT2D eigenvalue weighted by Gasteiger charge is -2.10. The van der Waals surface area contributed by atoms with Crippen molar-refractivity contribution in [3.8, 4) is 11.3 Å². The first-order valence-corrected chi connectivity index (χ1v) is 9.48. The number of H-pyrrole nitrogens is 2. The van der Waals surface area contributed by atoms with Crippen LogP contribution in [0.25, 0.3) is 11.3 Å². The Balaban J connectivity index is 1.76. The summed E-state index contributed by atoms with van der Waals surface area (Å²) < 4.78 is 14.2. The van der Waals surface area contributed by atoms with E-state index in [1.807, 2.05) is 6.92 Å². The lowest BCUT2D eigenvalue weighted by Crippen LogP contribution is -2.36. The molecule has 0 fully saturated rings. The topological polar surface area (TPSA) is 127 Å². The Morgan fingerprint density at radius 2 is 1.96 bits per heavy atom. The van der Waals surface area contributed by atoms with E-state index in [0.29, 0.717) is 23.8 Å². The summed E-state index contributed by atoms with van der Waals surface area (Å²) in [6.07, 6.45) is 2.19. The van der Waals surface area contributed by atoms with Crippen LogP contribution in [0.2, 0.25) is 0 Å². The van der Waals surface area contributed by atoms with E-state index in [1.165, 1.54) is 16.7 Å². The van der Waals surface area contributed by atoms with E-state index in [0.717, 1.165) is 17.3 Å². The summed E-state index contributed by atoms with van der Waals surface area (Å²) in [6.45, 7) is 2.15. The molecule has 0 amide bonds. The minimum atomic E-state index is -0.799. The molecule has 2 heterocycles. The molecule has 8 nitrogen and oxygen atoms in total. The smallest absolute Gasteiger partial charge is 0.329 e. The van der Waals surface area contributed by atoms with Crippen LogP contribution < -0.4 is 17.0 Å². The molecule has 0 saturated heterocycles. The van der Waals surface area contributed by atoms with Crippen LogP contribution in [-0.4, -0.2) is 31.1 Å². The number of carbonyl (C=O) groups is 1. The average molecular weight is 403 g/mol. The molecular weight excluding hydrogens is 385 g/mol. The largest absolute Gasteiger partial charge is 0.384 e. The fourth-order valence-electron chi connectivity index (χ4n) is 2.66. The predicted octanol–water partition coefficient (Wildman–Crippen LogP) is 2.03. The predicted molar refractivity (Wildman–Crippen MR) is 105 cm³/mol. The number of benzene rings is 1. The van der Waals surface area contributed by atoms with Gasteiger partial charge < -0.3 is 10.7 Å². The number of hydrogen-bond donors (Lipinski definition) is 3. The SMILES string of the molecule is CCCn1c(N)c(C(=O)CSc2ncc(-c3ccc(F)cc3)[nH]2)c(=O)[nH]c1=O. The molecule has 0 atom stereocenters. The van der Waals surface area contributed by atoms with Crippen LogP contribution in [0.3, 0.4) is 0 Å². The van der Waals surface area contributed by atoms with Gasteiger partial charge in [-0.25, -0.2) is 14.2 Å². The number of aromatic amines is 2. The van der Waals surface area contributed by atoms with Gasteiger partial charge in [-0.2, -0.15) is 0 Å². The number of hydrogen-bond acceptors (Lipinski definition) is 6. The first-order valence-electron chi connectivity index (χ1n) is 8.50. The molecule has 146 valence electrons. The third-order valence-electron chi connectivity index (χ3n) is 4.01. The summed E-state index contributed by atoms with van der Waals surface area (Å²) in [5.41, 5.74) is 5.65. The van der Waals surface area contributed by atoms with Gasteiger partial charge in [-0.05, 0) is 36.2 Å². The van der Waals surface area contributed by atoms with E-state index in [9.17, 15) is 18.8 Å². The molecule has 0 unspecified atom stereocenters. The number of nitrogens with two attached hydrogens (primary N) is 1. The lowest BCUT2D eigenvalue weighted by molar-refractivity contribution is 0.102. The van der Waals surface area contributed by atoms with Crippen molar-refractivity contribution < 1.29 is 9.18 Å². The summed E-state index contributed by atoms with van der Waals surface area (Å²) in [5.74, 6) is -1.06. The van der Waals surface area contributed by atoms with Gasteiger partial charge in [-0.15, -0.1) is 0 Å². The highest BCUT2D eigenvalue weighted by molar-refractivity contribution is 7.99. The maximum absolute atomic E-state index is 13.0. The Labute approximate surface area is 163 Å². The minimum absolute atomic E-state index is 0.0893. The molecule has 0 aliphatic rings. The summed E-state index contributed by atoms with van der Waals surface area (Å²) in [5, 5.41) is 0.463. The van der Waals surface area contributed by atoms with Crippen LogP contribution in [0, 0.1) is 5.82 Å². The lowest BCUT2D eigenvalue weighted by atomic mass is 10.2. The van der Waals surface area contributed by atoms with Gasteiger partial charge in [0.15, 0.2) is 10.9 Å². The molecule has 3 aromatic rings. The van der Waals surface area contributed by atoms with Crippen molar-refractivity contribution in [3.63, 3.8) is 0 Å². The quantitative estimate of drug-likeness (QED) is 0.409. The van der Waals surface area contributed by atoms with E-state index in [4.69, 9.17) is 5.73 Å². The van der Waals surface area contributed by atoms with Crippen molar-refractivity contribution >= 4 is 23.4 Å².